The predicted molar refractivity (Wildman–Crippen MR) is 120 cm³/mol. The number of hydrogen-bond acceptors (Lipinski definition) is 3. The van der Waals surface area contributed by atoms with Gasteiger partial charge in [-0.3, -0.25) is 4.79 Å². The molecule has 30 heavy (non-hydrogen) atoms. The van der Waals surface area contributed by atoms with Crippen molar-refractivity contribution in [2.24, 2.45) is 0 Å². The van der Waals surface area contributed by atoms with Crippen LogP contribution in [0, 0.1) is 0 Å². The lowest BCUT2D eigenvalue weighted by Crippen LogP contribution is -1.95. The number of ketones is 1. The molecule has 0 spiro atoms. The Labute approximate surface area is 180 Å². The number of aromatic nitrogens is 2. The van der Waals surface area contributed by atoms with Crippen LogP contribution < -0.4 is 4.74 Å². The fourth-order valence-corrected chi connectivity index (χ4v) is 3.19. The summed E-state index contributed by atoms with van der Waals surface area (Å²) in [5.74, 6) is 0.644. The van der Waals surface area contributed by atoms with Gasteiger partial charge in [-0.15, -0.1) is 0 Å². The zero-order valence-corrected chi connectivity index (χ0v) is 17.1. The van der Waals surface area contributed by atoms with E-state index in [0.717, 1.165) is 22.6 Å². The highest BCUT2D eigenvalue weighted by molar-refractivity contribution is 6.30. The minimum Gasteiger partial charge on any atom is -0.497 e. The molecule has 0 amide bonds. The van der Waals surface area contributed by atoms with Crippen molar-refractivity contribution in [3.63, 3.8) is 0 Å². The van der Waals surface area contributed by atoms with Crippen LogP contribution in [0.3, 0.4) is 0 Å². The first-order valence-electron chi connectivity index (χ1n) is 9.41. The van der Waals surface area contributed by atoms with E-state index in [1.165, 1.54) is 0 Å². The third-order valence-electron chi connectivity index (χ3n) is 4.66. The number of halogens is 1. The first-order chi connectivity index (χ1) is 14.6. The molecule has 3 aromatic carbocycles. The highest BCUT2D eigenvalue weighted by atomic mass is 35.5. The van der Waals surface area contributed by atoms with E-state index in [1.54, 1.807) is 42.3 Å². The van der Waals surface area contributed by atoms with E-state index in [4.69, 9.17) is 16.3 Å². The Balaban J connectivity index is 1.71. The van der Waals surface area contributed by atoms with E-state index < -0.39 is 0 Å². The van der Waals surface area contributed by atoms with Crippen LogP contribution in [0.25, 0.3) is 23.0 Å². The number of benzene rings is 3. The summed E-state index contributed by atoms with van der Waals surface area (Å²) in [5.41, 5.74) is 3.75. The van der Waals surface area contributed by atoms with E-state index in [2.05, 4.69) is 5.10 Å². The molecule has 0 atom stereocenters. The average molecular weight is 415 g/mol. The molecule has 1 heterocycles. The minimum absolute atomic E-state index is 0.127. The number of nitrogens with zero attached hydrogens (tertiary/aromatic N) is 2. The Kier molecular flexibility index (Phi) is 5.77. The second-order valence-corrected chi connectivity index (χ2v) is 7.09. The van der Waals surface area contributed by atoms with Gasteiger partial charge in [0.15, 0.2) is 5.78 Å². The summed E-state index contributed by atoms with van der Waals surface area (Å²) < 4.78 is 6.89. The number of rotatable bonds is 6. The number of methoxy groups -OCH3 is 1. The van der Waals surface area contributed by atoms with Crippen LogP contribution in [0.1, 0.15) is 15.9 Å². The maximum atomic E-state index is 13.1. The Bertz CT molecular complexity index is 1180. The quantitative estimate of drug-likeness (QED) is 0.283. The van der Waals surface area contributed by atoms with E-state index in [1.807, 2.05) is 66.7 Å². The Morgan fingerprint density at radius 2 is 1.67 bits per heavy atom. The normalized spacial score (nSPS) is 11.0. The number of allylic oxidation sites excluding steroid dienone is 1. The van der Waals surface area contributed by atoms with Crippen molar-refractivity contribution in [1.82, 2.24) is 9.78 Å². The Morgan fingerprint density at radius 3 is 2.33 bits per heavy atom. The molecule has 0 radical (unpaired) electrons. The van der Waals surface area contributed by atoms with Gasteiger partial charge in [-0.05, 0) is 48.0 Å². The van der Waals surface area contributed by atoms with Gasteiger partial charge >= 0.3 is 0 Å². The summed E-state index contributed by atoms with van der Waals surface area (Å²) in [6, 6.07) is 24.5. The molecule has 4 rings (SSSR count). The number of para-hydroxylation sites is 1. The highest BCUT2D eigenvalue weighted by Crippen LogP contribution is 2.26. The van der Waals surface area contributed by atoms with Crippen LogP contribution in [0.4, 0.5) is 0 Å². The standard InChI is InChI=1S/C25H19ClN2O2/c1-30-22-14-7-18(8-15-22)9-16-24(29)23-17-28(21-5-3-2-4-6-21)27-25(23)19-10-12-20(26)13-11-19/h2-17H,1H3. The highest BCUT2D eigenvalue weighted by Gasteiger charge is 2.17. The van der Waals surface area contributed by atoms with Crippen molar-refractivity contribution in [1.29, 1.82) is 0 Å². The van der Waals surface area contributed by atoms with Gasteiger partial charge in [0.05, 0.1) is 18.4 Å². The molecule has 148 valence electrons. The lowest BCUT2D eigenvalue weighted by atomic mass is 10.0. The summed E-state index contributed by atoms with van der Waals surface area (Å²) in [6.07, 6.45) is 5.11. The van der Waals surface area contributed by atoms with Gasteiger partial charge < -0.3 is 4.74 Å². The van der Waals surface area contributed by atoms with Gasteiger partial charge in [0.2, 0.25) is 0 Å². The first kappa shape index (κ1) is 19.7. The molecule has 0 unspecified atom stereocenters. The third kappa shape index (κ3) is 4.34. The lowest BCUT2D eigenvalue weighted by molar-refractivity contribution is 0.104. The van der Waals surface area contributed by atoms with Gasteiger partial charge in [-0.1, -0.05) is 60.1 Å². The molecule has 0 N–H and O–H groups in total. The van der Waals surface area contributed by atoms with E-state index >= 15 is 0 Å². The van der Waals surface area contributed by atoms with E-state index in [-0.39, 0.29) is 5.78 Å². The summed E-state index contributed by atoms with van der Waals surface area (Å²) in [5, 5.41) is 5.31. The van der Waals surface area contributed by atoms with E-state index in [0.29, 0.717) is 16.3 Å². The van der Waals surface area contributed by atoms with Crippen LogP contribution in [-0.4, -0.2) is 22.7 Å². The summed E-state index contributed by atoms with van der Waals surface area (Å²) in [4.78, 5) is 13.1. The number of hydrogen-bond donors (Lipinski definition) is 0. The Morgan fingerprint density at radius 1 is 0.967 bits per heavy atom. The maximum absolute atomic E-state index is 13.1. The van der Waals surface area contributed by atoms with Gasteiger partial charge in [0.1, 0.15) is 11.4 Å². The van der Waals surface area contributed by atoms with Crippen molar-refractivity contribution in [2.75, 3.05) is 7.11 Å². The van der Waals surface area contributed by atoms with Crippen LogP contribution >= 0.6 is 11.6 Å². The van der Waals surface area contributed by atoms with Gasteiger partial charge in [0, 0.05) is 16.8 Å². The van der Waals surface area contributed by atoms with Gasteiger partial charge in [0.25, 0.3) is 0 Å². The van der Waals surface area contributed by atoms with Crippen molar-refractivity contribution in [3.05, 3.63) is 107 Å². The SMILES string of the molecule is COc1ccc(C=CC(=O)c2cn(-c3ccccc3)nc2-c2ccc(Cl)cc2)cc1. The van der Waals surface area contributed by atoms with Gasteiger partial charge in [-0.2, -0.15) is 5.10 Å². The molecule has 1 aromatic heterocycles. The molecule has 5 heteroatoms. The predicted octanol–water partition coefficient (Wildman–Crippen LogP) is 6.10. The first-order valence-corrected chi connectivity index (χ1v) is 9.79. The molecular weight excluding hydrogens is 396 g/mol. The fraction of sp³-hybridized carbons (Fsp3) is 0.0400. The zero-order chi connectivity index (χ0) is 20.9. The maximum Gasteiger partial charge on any atom is 0.189 e. The number of carbonyl (C=O) groups excluding carboxylic acids is 1. The molecule has 0 saturated heterocycles. The van der Waals surface area contributed by atoms with Crippen LogP contribution in [-0.2, 0) is 0 Å². The minimum atomic E-state index is -0.127. The van der Waals surface area contributed by atoms with Gasteiger partial charge in [-0.25, -0.2) is 4.68 Å². The Hall–Kier alpha value is -3.63. The molecule has 4 nitrogen and oxygen atoms in total. The molecular formula is C25H19ClN2O2. The second kappa shape index (κ2) is 8.80. The summed E-state index contributed by atoms with van der Waals surface area (Å²) >= 11 is 6.03. The molecule has 0 saturated carbocycles. The third-order valence-corrected chi connectivity index (χ3v) is 4.91. The van der Waals surface area contributed by atoms with Crippen LogP contribution in [0.15, 0.2) is 91.1 Å². The summed E-state index contributed by atoms with van der Waals surface area (Å²) in [6.45, 7) is 0. The van der Waals surface area contributed by atoms with Crippen molar-refractivity contribution >= 4 is 23.5 Å². The van der Waals surface area contributed by atoms with Crippen molar-refractivity contribution in [3.8, 4) is 22.7 Å². The zero-order valence-electron chi connectivity index (χ0n) is 16.3. The molecule has 0 aliphatic heterocycles. The smallest absolute Gasteiger partial charge is 0.189 e. The average Bonchev–Trinajstić information content (AvgIpc) is 3.24. The molecule has 0 bridgehead atoms. The van der Waals surface area contributed by atoms with Crippen LogP contribution in [0.5, 0.6) is 5.75 Å². The fourth-order valence-electron chi connectivity index (χ4n) is 3.06. The second-order valence-electron chi connectivity index (χ2n) is 6.65. The van der Waals surface area contributed by atoms with Crippen molar-refractivity contribution < 1.29 is 9.53 Å². The largest absolute Gasteiger partial charge is 0.497 e. The lowest BCUT2D eigenvalue weighted by Gasteiger charge is -2.01. The molecule has 0 aliphatic rings. The summed E-state index contributed by atoms with van der Waals surface area (Å²) in [7, 11) is 1.62. The molecule has 0 fully saturated rings. The van der Waals surface area contributed by atoms with Crippen molar-refractivity contribution in [2.45, 2.75) is 0 Å². The monoisotopic (exact) mass is 414 g/mol. The van der Waals surface area contributed by atoms with E-state index in [9.17, 15) is 4.79 Å². The van der Waals surface area contributed by atoms with Crippen LogP contribution in [0.2, 0.25) is 5.02 Å². The number of carbonyl (C=O) groups is 1. The topological polar surface area (TPSA) is 44.1 Å². The number of ether oxygens (including phenoxy) is 1. The molecule has 0 aliphatic carbocycles. The molecule has 4 aromatic rings.